The van der Waals surface area contributed by atoms with Crippen molar-refractivity contribution in [2.75, 3.05) is 38.2 Å². The number of nitrogens with zero attached hydrogens (tertiary/aromatic N) is 6. The third kappa shape index (κ3) is 5.36. The first kappa shape index (κ1) is 31.0. The lowest BCUT2D eigenvalue weighted by Gasteiger charge is -2.37. The summed E-state index contributed by atoms with van der Waals surface area (Å²) in [5.41, 5.74) is 5.65. The van der Waals surface area contributed by atoms with Crippen molar-refractivity contribution in [2.24, 2.45) is 21.9 Å². The number of benzene rings is 2. The largest absolute Gasteiger partial charge is 0.493 e. The first-order chi connectivity index (χ1) is 22.6. The van der Waals surface area contributed by atoms with Gasteiger partial charge < -0.3 is 34.7 Å². The number of carbonyl (C=O) groups is 1. The molecule has 0 unspecified atom stereocenters. The summed E-state index contributed by atoms with van der Waals surface area (Å²) in [6.07, 6.45) is 4.88. The van der Waals surface area contributed by atoms with Crippen molar-refractivity contribution in [3.63, 3.8) is 0 Å². The Hall–Kier alpha value is -4.63. The molecule has 2 saturated heterocycles. The average molecular weight is 666 g/mol. The number of pyridine rings is 1. The van der Waals surface area contributed by atoms with Crippen molar-refractivity contribution in [3.05, 3.63) is 57.9 Å². The highest BCUT2D eigenvalue weighted by Crippen LogP contribution is 2.46. The van der Waals surface area contributed by atoms with Crippen LogP contribution in [-0.4, -0.2) is 74.7 Å². The highest BCUT2D eigenvalue weighted by atomic mass is 32.1. The molecule has 0 amide bonds. The number of hydrogen-bond acceptors (Lipinski definition) is 8. The zero-order valence-electron chi connectivity index (χ0n) is 25.5. The van der Waals surface area contributed by atoms with Gasteiger partial charge in [-0.15, -0.1) is 10.2 Å². The number of carboxylic acids is 1. The van der Waals surface area contributed by atoms with Gasteiger partial charge in [0.05, 0.1) is 23.5 Å². The normalized spacial score (nSPS) is 20.0. The average Bonchev–Trinajstić information content (AvgIpc) is 3.73. The van der Waals surface area contributed by atoms with E-state index >= 15 is 4.39 Å². The Morgan fingerprint density at radius 2 is 1.94 bits per heavy atom. The summed E-state index contributed by atoms with van der Waals surface area (Å²) in [6.45, 7) is 2.79. The molecule has 7 rings (SSSR count). The molecule has 2 aromatic carbocycles. The molecular formula is C32H33F2N7O5S. The van der Waals surface area contributed by atoms with Crippen molar-refractivity contribution in [3.8, 4) is 11.6 Å². The van der Waals surface area contributed by atoms with Crippen molar-refractivity contribution < 1.29 is 28.5 Å². The van der Waals surface area contributed by atoms with Gasteiger partial charge >= 0.3 is 5.97 Å². The molecule has 2 aliphatic heterocycles. The van der Waals surface area contributed by atoms with E-state index in [9.17, 15) is 24.2 Å². The first-order valence-corrected chi connectivity index (χ1v) is 15.9. The van der Waals surface area contributed by atoms with E-state index in [0.717, 1.165) is 38.3 Å². The number of methoxy groups -OCH3 is 1. The van der Waals surface area contributed by atoms with Gasteiger partial charge in [0.25, 0.3) is 0 Å². The molecule has 2 atom stereocenters. The standard InChI is InChI=1S/C32H33F2N7O5S/c1-46-29-26-20(28(42)21(31(44)45)14-41(26)18-5-6-18)12-22(34)27(29)39-13-16-3-2-8-38(24(16)15-39)9-10-40-23-7-4-17(33)11-19(23)25(30(40)43)36-37-32(35)47/h4,7,11-12,14,16,18,24,43H,2-3,5-6,8-10,13,15H2,1H3,(H2,35,47)(H,44,45)/t16-,24+/m0/s1. The molecule has 3 fully saturated rings. The number of anilines is 1. The molecule has 0 spiro atoms. The Morgan fingerprint density at radius 1 is 1.15 bits per heavy atom. The zero-order valence-corrected chi connectivity index (χ0v) is 26.3. The second-order valence-corrected chi connectivity index (χ2v) is 12.8. The molecular weight excluding hydrogens is 632 g/mol. The maximum atomic E-state index is 16.0. The quantitative estimate of drug-likeness (QED) is 0.176. The van der Waals surface area contributed by atoms with Crippen LogP contribution in [0.25, 0.3) is 21.8 Å². The van der Waals surface area contributed by atoms with Gasteiger partial charge in [0, 0.05) is 49.8 Å². The molecule has 12 nitrogen and oxygen atoms in total. The van der Waals surface area contributed by atoms with E-state index in [1.807, 2.05) is 4.90 Å². The monoisotopic (exact) mass is 665 g/mol. The lowest BCUT2D eigenvalue weighted by molar-refractivity contribution is 0.0694. The molecule has 2 aromatic heterocycles. The van der Waals surface area contributed by atoms with Crippen LogP contribution in [0.3, 0.4) is 0 Å². The molecule has 47 heavy (non-hydrogen) atoms. The highest BCUT2D eigenvalue weighted by Gasteiger charge is 2.41. The van der Waals surface area contributed by atoms with E-state index in [4.69, 9.17) is 22.7 Å². The number of nitrogens with two attached hydrogens (primary N) is 1. The predicted molar refractivity (Wildman–Crippen MR) is 175 cm³/mol. The Labute approximate surface area is 272 Å². The van der Waals surface area contributed by atoms with E-state index in [2.05, 4.69) is 15.1 Å². The molecule has 4 N–H and O–H groups in total. The fourth-order valence-corrected chi connectivity index (χ4v) is 7.45. The van der Waals surface area contributed by atoms with E-state index in [0.29, 0.717) is 42.6 Å². The van der Waals surface area contributed by atoms with E-state index in [1.54, 1.807) is 15.2 Å². The summed E-state index contributed by atoms with van der Waals surface area (Å²) in [5.74, 6) is -2.21. The van der Waals surface area contributed by atoms with Crippen LogP contribution < -0.4 is 20.8 Å². The number of piperidine rings is 1. The van der Waals surface area contributed by atoms with Gasteiger partial charge in [0.1, 0.15) is 17.1 Å². The minimum absolute atomic E-state index is 0.00614. The fraction of sp³-hybridized carbons (Fsp3) is 0.406. The number of aromatic hydroxyl groups is 1. The van der Waals surface area contributed by atoms with Crippen LogP contribution in [0.5, 0.6) is 11.6 Å². The Balaban J connectivity index is 1.20. The number of hydrogen-bond donors (Lipinski definition) is 3. The highest BCUT2D eigenvalue weighted by molar-refractivity contribution is 7.80. The number of thiocarbonyl (C=S) groups is 1. The zero-order chi connectivity index (χ0) is 33.1. The molecule has 15 heteroatoms. The van der Waals surface area contributed by atoms with Crippen molar-refractivity contribution in [1.82, 2.24) is 14.0 Å². The van der Waals surface area contributed by atoms with Crippen LogP contribution >= 0.6 is 12.2 Å². The number of likely N-dealkylation sites (tertiary alicyclic amines) is 1. The van der Waals surface area contributed by atoms with E-state index < -0.39 is 28.6 Å². The lowest BCUT2D eigenvalue weighted by Crippen LogP contribution is -2.46. The van der Waals surface area contributed by atoms with Crippen molar-refractivity contribution in [1.29, 1.82) is 0 Å². The fourth-order valence-electron chi connectivity index (χ4n) is 7.41. The maximum absolute atomic E-state index is 16.0. The third-order valence-corrected chi connectivity index (χ3v) is 9.70. The second-order valence-electron chi connectivity index (χ2n) is 12.4. The summed E-state index contributed by atoms with van der Waals surface area (Å²) in [7, 11) is 1.44. The Bertz CT molecular complexity index is 2040. The molecule has 4 aromatic rings. The number of ether oxygens (including phenoxy) is 1. The van der Waals surface area contributed by atoms with Crippen LogP contribution in [0.2, 0.25) is 0 Å². The molecule has 0 radical (unpaired) electrons. The van der Waals surface area contributed by atoms with Gasteiger partial charge in [-0.3, -0.25) is 9.69 Å². The number of halogens is 2. The molecule has 1 aliphatic carbocycles. The van der Waals surface area contributed by atoms with Gasteiger partial charge in [-0.1, -0.05) is 0 Å². The minimum atomic E-state index is -1.35. The maximum Gasteiger partial charge on any atom is 0.341 e. The van der Waals surface area contributed by atoms with Crippen molar-refractivity contribution in [2.45, 2.75) is 44.3 Å². The summed E-state index contributed by atoms with van der Waals surface area (Å²) in [6, 6.07) is 5.40. The van der Waals surface area contributed by atoms with Crippen LogP contribution in [-0.2, 0) is 6.54 Å². The number of azo groups is 1. The Kier molecular flexibility index (Phi) is 7.83. The van der Waals surface area contributed by atoms with Gasteiger partial charge in [0.2, 0.25) is 16.4 Å². The SMILES string of the molecule is COc1c(N2C[C@@H]3CCCN(CCn4c(O)c(N=NC(N)=S)c5cc(F)ccc54)[C@@H]3C2)c(F)cc2c(=O)c(C(=O)O)cn(C3CC3)c12. The van der Waals surface area contributed by atoms with Crippen LogP contribution in [0.1, 0.15) is 42.1 Å². The van der Waals surface area contributed by atoms with Gasteiger partial charge in [0.15, 0.2) is 17.3 Å². The number of aromatic carboxylic acids is 1. The van der Waals surface area contributed by atoms with Gasteiger partial charge in [-0.05, 0) is 74.6 Å². The first-order valence-electron chi connectivity index (χ1n) is 15.5. The molecule has 3 aliphatic rings. The van der Waals surface area contributed by atoms with E-state index in [-0.39, 0.29) is 51.5 Å². The van der Waals surface area contributed by atoms with Gasteiger partial charge in [-0.2, -0.15) is 0 Å². The third-order valence-electron chi connectivity index (χ3n) is 9.62. The lowest BCUT2D eigenvalue weighted by atomic mass is 9.92. The molecule has 4 heterocycles. The second kappa shape index (κ2) is 11.9. The molecule has 246 valence electrons. The molecule has 1 saturated carbocycles. The number of rotatable bonds is 8. The molecule has 0 bridgehead atoms. The minimum Gasteiger partial charge on any atom is -0.493 e. The summed E-state index contributed by atoms with van der Waals surface area (Å²) in [5, 5.41) is 28.6. The summed E-state index contributed by atoms with van der Waals surface area (Å²) in [4.78, 5) is 29.3. The number of aromatic nitrogens is 2. The van der Waals surface area contributed by atoms with Crippen LogP contribution in [0.15, 0.2) is 45.5 Å². The van der Waals surface area contributed by atoms with E-state index in [1.165, 1.54) is 25.4 Å². The van der Waals surface area contributed by atoms with Gasteiger partial charge in [-0.25, -0.2) is 13.6 Å². The van der Waals surface area contributed by atoms with Crippen LogP contribution in [0.4, 0.5) is 20.2 Å². The summed E-state index contributed by atoms with van der Waals surface area (Å²) >= 11 is 4.78. The number of carboxylic acid groups (broad SMARTS) is 1. The smallest absolute Gasteiger partial charge is 0.341 e. The van der Waals surface area contributed by atoms with Crippen LogP contribution in [0, 0.1) is 17.6 Å². The van der Waals surface area contributed by atoms with Crippen molar-refractivity contribution >= 4 is 56.5 Å². The number of fused-ring (bicyclic) bond motifs is 3. The Morgan fingerprint density at radius 3 is 2.64 bits per heavy atom. The predicted octanol–water partition coefficient (Wildman–Crippen LogP) is 4.91. The summed E-state index contributed by atoms with van der Waals surface area (Å²) < 4.78 is 39.4. The topological polar surface area (TPSA) is 151 Å².